The molecule has 0 saturated carbocycles. The molecular formula is C18H30N4O3S. The Bertz CT molecular complexity index is 545. The molecule has 1 saturated heterocycles. The van der Waals surface area contributed by atoms with Crippen LogP contribution in [0.5, 0.6) is 0 Å². The molecule has 0 aromatic carbocycles. The quantitative estimate of drug-likeness (QED) is 0.596. The number of amides is 2. The highest BCUT2D eigenvalue weighted by atomic mass is 32.1. The van der Waals surface area contributed by atoms with Crippen LogP contribution in [0.3, 0.4) is 0 Å². The zero-order valence-electron chi connectivity index (χ0n) is 15.8. The minimum Gasteiger partial charge on any atom is -0.385 e. The van der Waals surface area contributed by atoms with E-state index < -0.39 is 0 Å². The van der Waals surface area contributed by atoms with Crippen LogP contribution in [0.25, 0.3) is 0 Å². The van der Waals surface area contributed by atoms with Crippen LogP contribution in [-0.4, -0.2) is 93.1 Å². The molecule has 2 rings (SSSR count). The number of carbonyl (C=O) groups excluding carboxylic acids is 2. The second-order valence-corrected chi connectivity index (χ2v) is 7.41. The van der Waals surface area contributed by atoms with Gasteiger partial charge in [-0.05, 0) is 28.8 Å². The van der Waals surface area contributed by atoms with Crippen molar-refractivity contribution in [2.45, 2.75) is 13.0 Å². The fourth-order valence-corrected chi connectivity index (χ4v) is 3.53. The lowest BCUT2D eigenvalue weighted by Gasteiger charge is -2.34. The molecule has 146 valence electrons. The molecule has 0 atom stereocenters. The number of rotatable bonds is 10. The van der Waals surface area contributed by atoms with Gasteiger partial charge in [0.2, 0.25) is 11.8 Å². The van der Waals surface area contributed by atoms with Crippen molar-refractivity contribution in [2.75, 3.05) is 66.6 Å². The molecule has 7 nitrogen and oxygen atoms in total. The number of carbonyl (C=O) groups is 2. The lowest BCUT2D eigenvalue weighted by atomic mass is 10.3. The number of likely N-dealkylation sites (N-methyl/N-ethyl adjacent to an activating group) is 1. The summed E-state index contributed by atoms with van der Waals surface area (Å²) >= 11 is 1.65. The van der Waals surface area contributed by atoms with Crippen LogP contribution in [0.2, 0.25) is 0 Å². The number of ether oxygens (including phenoxy) is 1. The maximum Gasteiger partial charge on any atom is 0.236 e. The zero-order valence-corrected chi connectivity index (χ0v) is 16.6. The molecule has 8 heteroatoms. The van der Waals surface area contributed by atoms with E-state index in [1.807, 2.05) is 18.5 Å². The number of piperazine rings is 1. The summed E-state index contributed by atoms with van der Waals surface area (Å²) < 4.78 is 4.97. The van der Waals surface area contributed by atoms with Crippen molar-refractivity contribution in [1.29, 1.82) is 0 Å². The van der Waals surface area contributed by atoms with E-state index in [4.69, 9.17) is 4.74 Å². The van der Waals surface area contributed by atoms with Crippen LogP contribution >= 0.6 is 11.3 Å². The highest BCUT2D eigenvalue weighted by Gasteiger charge is 2.21. The molecular weight excluding hydrogens is 352 g/mol. The second kappa shape index (κ2) is 11.3. The van der Waals surface area contributed by atoms with Crippen molar-refractivity contribution >= 4 is 23.2 Å². The van der Waals surface area contributed by atoms with Crippen molar-refractivity contribution in [3.05, 3.63) is 22.4 Å². The van der Waals surface area contributed by atoms with Crippen LogP contribution in [-0.2, 0) is 20.9 Å². The fraction of sp³-hybridized carbons (Fsp3) is 0.667. The summed E-state index contributed by atoms with van der Waals surface area (Å²) in [6.45, 7) is 6.09. The summed E-state index contributed by atoms with van der Waals surface area (Å²) in [6.07, 6.45) is 0.830. The van der Waals surface area contributed by atoms with Gasteiger partial charge < -0.3 is 15.0 Å². The predicted octanol–water partition coefficient (Wildman–Crippen LogP) is 0.477. The first-order chi connectivity index (χ1) is 12.6. The molecule has 0 spiro atoms. The van der Waals surface area contributed by atoms with Crippen molar-refractivity contribution in [3.8, 4) is 0 Å². The number of nitrogens with one attached hydrogen (secondary N) is 1. The van der Waals surface area contributed by atoms with E-state index in [1.54, 1.807) is 23.3 Å². The van der Waals surface area contributed by atoms with E-state index in [-0.39, 0.29) is 11.8 Å². The molecule has 0 aliphatic carbocycles. The molecule has 1 aromatic rings. The van der Waals surface area contributed by atoms with Gasteiger partial charge in [-0.25, -0.2) is 0 Å². The van der Waals surface area contributed by atoms with Crippen molar-refractivity contribution in [2.24, 2.45) is 0 Å². The molecule has 1 fully saturated rings. The topological polar surface area (TPSA) is 65.1 Å². The Morgan fingerprint density at radius 1 is 1.23 bits per heavy atom. The summed E-state index contributed by atoms with van der Waals surface area (Å²) in [4.78, 5) is 30.4. The fourth-order valence-electron chi connectivity index (χ4n) is 2.87. The Balaban J connectivity index is 1.61. The summed E-state index contributed by atoms with van der Waals surface area (Å²) in [5.41, 5.74) is 1.17. The summed E-state index contributed by atoms with van der Waals surface area (Å²) in [5.74, 6) is 0.196. The van der Waals surface area contributed by atoms with Crippen molar-refractivity contribution in [3.63, 3.8) is 0 Å². The molecule has 0 unspecified atom stereocenters. The number of methoxy groups -OCH3 is 1. The predicted molar refractivity (Wildman–Crippen MR) is 103 cm³/mol. The van der Waals surface area contributed by atoms with E-state index >= 15 is 0 Å². The summed E-state index contributed by atoms with van der Waals surface area (Å²) in [5, 5.41) is 7.01. The second-order valence-electron chi connectivity index (χ2n) is 6.63. The van der Waals surface area contributed by atoms with Crippen LogP contribution in [0, 0.1) is 0 Å². The van der Waals surface area contributed by atoms with Crippen LogP contribution in [0.4, 0.5) is 0 Å². The maximum absolute atomic E-state index is 12.4. The van der Waals surface area contributed by atoms with Gasteiger partial charge in [0, 0.05) is 60.0 Å². The number of hydrogen-bond donors (Lipinski definition) is 1. The third-order valence-corrected chi connectivity index (χ3v) is 5.20. The monoisotopic (exact) mass is 382 g/mol. The largest absolute Gasteiger partial charge is 0.385 e. The molecule has 1 aliphatic rings. The Hall–Kier alpha value is -1.48. The number of thiophene rings is 1. The van der Waals surface area contributed by atoms with Gasteiger partial charge in [-0.15, -0.1) is 0 Å². The Morgan fingerprint density at radius 3 is 2.54 bits per heavy atom. The molecule has 26 heavy (non-hydrogen) atoms. The highest BCUT2D eigenvalue weighted by Crippen LogP contribution is 2.09. The van der Waals surface area contributed by atoms with Crippen LogP contribution in [0.1, 0.15) is 12.0 Å². The smallest absolute Gasteiger partial charge is 0.236 e. The Morgan fingerprint density at radius 2 is 1.92 bits per heavy atom. The zero-order chi connectivity index (χ0) is 18.8. The molecule has 1 aliphatic heterocycles. The number of hydrogen-bond acceptors (Lipinski definition) is 6. The minimum atomic E-state index is 0.0566. The third-order valence-electron chi connectivity index (χ3n) is 4.46. The van der Waals surface area contributed by atoms with Gasteiger partial charge in [-0.3, -0.25) is 19.4 Å². The first-order valence-corrected chi connectivity index (χ1v) is 9.98. The third kappa shape index (κ3) is 7.41. The van der Waals surface area contributed by atoms with E-state index in [0.717, 1.165) is 32.6 Å². The van der Waals surface area contributed by atoms with Gasteiger partial charge in [0.25, 0.3) is 0 Å². The Labute approximate surface area is 159 Å². The van der Waals surface area contributed by atoms with E-state index in [1.165, 1.54) is 5.56 Å². The van der Waals surface area contributed by atoms with E-state index in [0.29, 0.717) is 32.8 Å². The van der Waals surface area contributed by atoms with E-state index in [2.05, 4.69) is 20.5 Å². The SMILES string of the molecule is COCCCNC(=O)CN1CCN(CC(=O)N(C)Cc2ccsc2)CC1. The Kier molecular flexibility index (Phi) is 9.04. The van der Waals surface area contributed by atoms with Gasteiger partial charge in [0.05, 0.1) is 13.1 Å². The molecule has 2 amide bonds. The molecule has 0 bridgehead atoms. The normalized spacial score (nSPS) is 15.8. The molecule has 1 N–H and O–H groups in total. The van der Waals surface area contributed by atoms with Crippen LogP contribution in [0.15, 0.2) is 16.8 Å². The summed E-state index contributed by atoms with van der Waals surface area (Å²) in [7, 11) is 3.51. The average Bonchev–Trinajstić information content (AvgIpc) is 3.13. The molecule has 2 heterocycles. The van der Waals surface area contributed by atoms with Gasteiger partial charge in [0.1, 0.15) is 0 Å². The van der Waals surface area contributed by atoms with Crippen molar-refractivity contribution in [1.82, 2.24) is 20.0 Å². The van der Waals surface area contributed by atoms with Gasteiger partial charge in [-0.2, -0.15) is 11.3 Å². The number of nitrogens with zero attached hydrogens (tertiary/aromatic N) is 3. The first kappa shape index (κ1) is 20.8. The summed E-state index contributed by atoms with van der Waals surface area (Å²) in [6, 6.07) is 2.05. The van der Waals surface area contributed by atoms with Gasteiger partial charge in [0.15, 0.2) is 0 Å². The molecule has 1 aromatic heterocycles. The average molecular weight is 383 g/mol. The highest BCUT2D eigenvalue weighted by molar-refractivity contribution is 7.07. The first-order valence-electron chi connectivity index (χ1n) is 9.04. The minimum absolute atomic E-state index is 0.0566. The standard InChI is InChI=1S/C18H30N4O3S/c1-20(12-16-4-11-26-15-16)18(24)14-22-8-6-21(7-9-22)13-17(23)19-5-3-10-25-2/h4,11,15H,3,5-10,12-14H2,1-2H3,(H,19,23). The van der Waals surface area contributed by atoms with Crippen molar-refractivity contribution < 1.29 is 14.3 Å². The van der Waals surface area contributed by atoms with Crippen LogP contribution < -0.4 is 5.32 Å². The van der Waals surface area contributed by atoms with E-state index in [9.17, 15) is 9.59 Å². The molecule has 0 radical (unpaired) electrons. The lowest BCUT2D eigenvalue weighted by Crippen LogP contribution is -2.51. The maximum atomic E-state index is 12.4. The van der Waals surface area contributed by atoms with Gasteiger partial charge in [-0.1, -0.05) is 0 Å². The van der Waals surface area contributed by atoms with Gasteiger partial charge >= 0.3 is 0 Å². The lowest BCUT2D eigenvalue weighted by molar-refractivity contribution is -0.132.